The summed E-state index contributed by atoms with van der Waals surface area (Å²) in [6.45, 7) is -0.575. The zero-order valence-corrected chi connectivity index (χ0v) is 16.6. The summed E-state index contributed by atoms with van der Waals surface area (Å²) in [5.74, 6) is 0.388. The van der Waals surface area contributed by atoms with Gasteiger partial charge in [0.1, 0.15) is 6.54 Å². The van der Waals surface area contributed by atoms with Gasteiger partial charge in [-0.1, -0.05) is 0 Å². The Morgan fingerprint density at radius 3 is 2.57 bits per heavy atom. The number of nitrogens with zero attached hydrogens (tertiary/aromatic N) is 2. The lowest BCUT2D eigenvalue weighted by atomic mass is 10.1. The maximum Gasteiger partial charge on any atom is 0.417 e. The van der Waals surface area contributed by atoms with Crippen molar-refractivity contribution in [1.29, 1.82) is 0 Å². The predicted molar refractivity (Wildman–Crippen MR) is 105 cm³/mol. The molecule has 0 aliphatic heterocycles. The molecule has 3 aromatic rings. The zero-order valence-electron chi connectivity index (χ0n) is 15.8. The van der Waals surface area contributed by atoms with E-state index in [0.717, 1.165) is 23.0 Å². The van der Waals surface area contributed by atoms with Gasteiger partial charge in [-0.05, 0) is 24.3 Å². The number of pyridine rings is 1. The van der Waals surface area contributed by atoms with Gasteiger partial charge in [0.15, 0.2) is 16.6 Å². The van der Waals surface area contributed by atoms with Gasteiger partial charge in [0.05, 0.1) is 25.5 Å². The third-order valence-corrected chi connectivity index (χ3v) is 4.81. The molecular weight excluding hydrogens is 423 g/mol. The second-order valence-electron chi connectivity index (χ2n) is 6.04. The van der Waals surface area contributed by atoms with E-state index in [1.165, 1.54) is 14.2 Å². The monoisotopic (exact) mass is 439 g/mol. The third-order valence-electron chi connectivity index (χ3n) is 4.05. The number of nitrogens with one attached hydrogen (secondary N) is 1. The molecule has 0 saturated heterocycles. The first kappa shape index (κ1) is 21.4. The molecule has 1 aromatic carbocycles. The van der Waals surface area contributed by atoms with E-state index in [4.69, 9.17) is 9.47 Å². The van der Waals surface area contributed by atoms with Crippen molar-refractivity contribution >= 4 is 22.4 Å². The standard InChI is InChI=1S/C19H16F3N3O4S/c1-28-14-5-3-11(7-15(14)29-2)13-10-30-18(23-13)24-16(26)9-25-8-12(19(20,21)22)4-6-17(25)27/h3-8,10H,9H2,1-2H3,(H,23,24,26). The zero-order chi connectivity index (χ0) is 21.9. The molecule has 30 heavy (non-hydrogen) atoms. The molecule has 0 fully saturated rings. The van der Waals surface area contributed by atoms with Crippen LogP contribution in [-0.2, 0) is 17.5 Å². The molecule has 0 unspecified atom stereocenters. The van der Waals surface area contributed by atoms with E-state index in [1.807, 2.05) is 0 Å². The Bertz CT molecular complexity index is 1120. The number of rotatable bonds is 6. The van der Waals surface area contributed by atoms with Crippen LogP contribution in [0.1, 0.15) is 5.56 Å². The summed E-state index contributed by atoms with van der Waals surface area (Å²) >= 11 is 1.14. The lowest BCUT2D eigenvalue weighted by Gasteiger charge is -2.10. The molecule has 158 valence electrons. The van der Waals surface area contributed by atoms with E-state index in [1.54, 1.807) is 23.6 Å². The number of alkyl halides is 3. The maximum absolute atomic E-state index is 12.8. The van der Waals surface area contributed by atoms with Crippen molar-refractivity contribution in [3.05, 3.63) is 57.8 Å². The summed E-state index contributed by atoms with van der Waals surface area (Å²) in [6.07, 6.45) is -4.01. The Morgan fingerprint density at radius 1 is 1.17 bits per heavy atom. The molecule has 0 bridgehead atoms. The van der Waals surface area contributed by atoms with Crippen molar-refractivity contribution in [3.8, 4) is 22.8 Å². The molecular formula is C19H16F3N3O4S. The van der Waals surface area contributed by atoms with Crippen LogP contribution in [0, 0.1) is 0 Å². The minimum Gasteiger partial charge on any atom is -0.493 e. The van der Waals surface area contributed by atoms with Crippen LogP contribution >= 0.6 is 11.3 Å². The fraction of sp³-hybridized carbons (Fsp3) is 0.211. The fourth-order valence-corrected chi connectivity index (χ4v) is 3.33. The average Bonchev–Trinajstić information content (AvgIpc) is 3.16. The van der Waals surface area contributed by atoms with Crippen LogP contribution in [0.25, 0.3) is 11.3 Å². The summed E-state index contributed by atoms with van der Waals surface area (Å²) in [5, 5.41) is 4.43. The van der Waals surface area contributed by atoms with Crippen molar-refractivity contribution in [1.82, 2.24) is 9.55 Å². The number of hydrogen-bond donors (Lipinski definition) is 1. The maximum atomic E-state index is 12.8. The number of benzene rings is 1. The number of ether oxygens (including phenoxy) is 2. The molecule has 7 nitrogen and oxygen atoms in total. The summed E-state index contributed by atoms with van der Waals surface area (Å²) in [4.78, 5) is 28.3. The second kappa shape index (κ2) is 8.57. The van der Waals surface area contributed by atoms with Crippen molar-refractivity contribution < 1.29 is 27.4 Å². The molecule has 0 aliphatic rings. The number of halogens is 3. The van der Waals surface area contributed by atoms with Crippen molar-refractivity contribution in [2.75, 3.05) is 19.5 Å². The Balaban J connectivity index is 1.74. The molecule has 2 aromatic heterocycles. The number of thiazole rings is 1. The van der Waals surface area contributed by atoms with Crippen LogP contribution < -0.4 is 20.3 Å². The third kappa shape index (κ3) is 4.79. The number of hydrogen-bond acceptors (Lipinski definition) is 6. The van der Waals surface area contributed by atoms with Crippen LogP contribution in [-0.4, -0.2) is 29.7 Å². The summed E-state index contributed by atoms with van der Waals surface area (Å²) in [7, 11) is 3.02. The molecule has 2 heterocycles. The van der Waals surface area contributed by atoms with E-state index in [2.05, 4.69) is 10.3 Å². The summed E-state index contributed by atoms with van der Waals surface area (Å²) in [6, 6.07) is 6.65. The molecule has 11 heteroatoms. The quantitative estimate of drug-likeness (QED) is 0.634. The molecule has 0 saturated carbocycles. The van der Waals surface area contributed by atoms with Crippen molar-refractivity contribution in [2.24, 2.45) is 0 Å². The van der Waals surface area contributed by atoms with Crippen LogP contribution in [0.4, 0.5) is 18.3 Å². The highest BCUT2D eigenvalue weighted by Crippen LogP contribution is 2.33. The second-order valence-corrected chi connectivity index (χ2v) is 6.90. The minimum atomic E-state index is -4.62. The van der Waals surface area contributed by atoms with Gasteiger partial charge in [0.2, 0.25) is 5.91 Å². The smallest absolute Gasteiger partial charge is 0.417 e. The van der Waals surface area contributed by atoms with Gasteiger partial charge >= 0.3 is 6.18 Å². The Labute approximate surface area is 172 Å². The molecule has 1 amide bonds. The first-order valence-electron chi connectivity index (χ1n) is 8.46. The molecule has 0 aliphatic carbocycles. The summed E-state index contributed by atoms with van der Waals surface area (Å²) < 4.78 is 49.6. The highest BCUT2D eigenvalue weighted by atomic mass is 32.1. The summed E-state index contributed by atoms with van der Waals surface area (Å²) in [5.41, 5.74) is -0.450. The molecule has 0 spiro atoms. The highest BCUT2D eigenvalue weighted by molar-refractivity contribution is 7.14. The van der Waals surface area contributed by atoms with Gasteiger partial charge in [-0.2, -0.15) is 13.2 Å². The topological polar surface area (TPSA) is 82.5 Å². The van der Waals surface area contributed by atoms with Gasteiger partial charge < -0.3 is 19.4 Å². The van der Waals surface area contributed by atoms with Gasteiger partial charge in [0, 0.05) is 23.2 Å². The molecule has 1 N–H and O–H groups in total. The number of amides is 1. The van der Waals surface area contributed by atoms with Crippen LogP contribution in [0.15, 0.2) is 46.7 Å². The SMILES string of the molecule is COc1ccc(-c2csc(NC(=O)Cn3cc(C(F)(F)F)ccc3=O)n2)cc1OC. The molecule has 3 rings (SSSR count). The first-order valence-corrected chi connectivity index (χ1v) is 9.34. The lowest BCUT2D eigenvalue weighted by molar-refractivity contribution is -0.138. The van der Waals surface area contributed by atoms with Crippen molar-refractivity contribution in [3.63, 3.8) is 0 Å². The number of carbonyl (C=O) groups excluding carboxylic acids is 1. The van der Waals surface area contributed by atoms with E-state index < -0.39 is 29.8 Å². The van der Waals surface area contributed by atoms with E-state index in [-0.39, 0.29) is 5.13 Å². The number of methoxy groups -OCH3 is 2. The average molecular weight is 439 g/mol. The van der Waals surface area contributed by atoms with E-state index in [0.29, 0.717) is 34.0 Å². The largest absolute Gasteiger partial charge is 0.493 e. The number of aromatic nitrogens is 2. The molecule has 0 radical (unpaired) electrons. The normalized spacial score (nSPS) is 11.2. The van der Waals surface area contributed by atoms with Crippen LogP contribution in [0.2, 0.25) is 0 Å². The van der Waals surface area contributed by atoms with Gasteiger partial charge in [0.25, 0.3) is 5.56 Å². The Kier molecular flexibility index (Phi) is 6.11. The van der Waals surface area contributed by atoms with Gasteiger partial charge in [-0.3, -0.25) is 9.59 Å². The van der Waals surface area contributed by atoms with E-state index >= 15 is 0 Å². The minimum absolute atomic E-state index is 0.241. The predicted octanol–water partition coefficient (Wildman–Crippen LogP) is 3.65. The Hall–Kier alpha value is -3.34. The Morgan fingerprint density at radius 2 is 1.90 bits per heavy atom. The lowest BCUT2D eigenvalue weighted by Crippen LogP contribution is -2.28. The highest BCUT2D eigenvalue weighted by Gasteiger charge is 2.31. The molecule has 0 atom stereocenters. The van der Waals surface area contributed by atoms with E-state index in [9.17, 15) is 22.8 Å². The van der Waals surface area contributed by atoms with Crippen LogP contribution in [0.5, 0.6) is 11.5 Å². The van der Waals surface area contributed by atoms with Crippen LogP contribution in [0.3, 0.4) is 0 Å². The van der Waals surface area contributed by atoms with Gasteiger partial charge in [-0.15, -0.1) is 11.3 Å². The van der Waals surface area contributed by atoms with Crippen molar-refractivity contribution in [2.45, 2.75) is 12.7 Å². The fourth-order valence-electron chi connectivity index (χ4n) is 2.60. The first-order chi connectivity index (χ1) is 14.2. The number of carbonyl (C=O) groups is 1. The van der Waals surface area contributed by atoms with Gasteiger partial charge in [-0.25, -0.2) is 4.98 Å². The number of anilines is 1.